The summed E-state index contributed by atoms with van der Waals surface area (Å²) in [6.45, 7) is 0. The van der Waals surface area contributed by atoms with E-state index in [2.05, 4.69) is 9.97 Å². The second-order valence-corrected chi connectivity index (χ2v) is 4.48. The maximum absolute atomic E-state index is 12.9. The van der Waals surface area contributed by atoms with Gasteiger partial charge in [-0.05, 0) is 23.8 Å². The van der Waals surface area contributed by atoms with Gasteiger partial charge in [0.2, 0.25) is 0 Å². The van der Waals surface area contributed by atoms with Crippen LogP contribution in [0.3, 0.4) is 0 Å². The van der Waals surface area contributed by atoms with Crippen molar-refractivity contribution in [3.05, 3.63) is 51.6 Å². The van der Waals surface area contributed by atoms with Crippen LogP contribution in [-0.2, 0) is 12.6 Å². The zero-order chi connectivity index (χ0) is 14.9. The van der Waals surface area contributed by atoms with Crippen LogP contribution in [0.5, 0.6) is 0 Å². The summed E-state index contributed by atoms with van der Waals surface area (Å²) < 4.78 is 38.6. The molecule has 0 saturated heterocycles. The van der Waals surface area contributed by atoms with E-state index in [4.69, 9.17) is 17.3 Å². The summed E-state index contributed by atoms with van der Waals surface area (Å²) in [5.74, 6) is -1.28. The number of nitrogens with one attached hydrogen (secondary N) is 2. The maximum atomic E-state index is 12.9. The van der Waals surface area contributed by atoms with Crippen molar-refractivity contribution in [1.29, 1.82) is 0 Å². The van der Waals surface area contributed by atoms with Gasteiger partial charge in [0.1, 0.15) is 5.69 Å². The summed E-state index contributed by atoms with van der Waals surface area (Å²) in [6, 6.07) is 5.01. The number of halogens is 3. The number of carboxylic acid groups (broad SMARTS) is 1. The molecule has 20 heavy (non-hydrogen) atoms. The molecule has 2 aromatic rings. The summed E-state index contributed by atoms with van der Waals surface area (Å²) in [6.07, 6.45) is -4.70. The first kappa shape index (κ1) is 14.3. The molecule has 0 spiro atoms. The first-order valence-corrected chi connectivity index (χ1v) is 5.89. The summed E-state index contributed by atoms with van der Waals surface area (Å²) in [4.78, 5) is 16.0. The molecule has 1 aromatic carbocycles. The number of H-pyrrole nitrogens is 2. The predicted octanol–water partition coefficient (Wildman–Crippen LogP) is 3.38. The summed E-state index contributed by atoms with van der Waals surface area (Å²) >= 11 is 4.77. The van der Waals surface area contributed by atoms with E-state index in [0.717, 1.165) is 6.07 Å². The molecule has 106 valence electrons. The van der Waals surface area contributed by atoms with E-state index in [1.807, 2.05) is 0 Å². The summed E-state index contributed by atoms with van der Waals surface area (Å²) in [5.41, 5.74) is -0.934. The van der Waals surface area contributed by atoms with Gasteiger partial charge in [0.25, 0.3) is 0 Å². The van der Waals surface area contributed by atoms with E-state index < -0.39 is 17.7 Å². The molecule has 3 N–H and O–H groups in total. The number of carbonyl (C=O) groups is 1. The average Bonchev–Trinajstić information content (AvgIpc) is 2.70. The largest absolute Gasteiger partial charge is 0.477 e. The molecule has 0 aliphatic rings. The summed E-state index contributed by atoms with van der Waals surface area (Å²) in [5, 5.41) is 8.97. The third kappa shape index (κ3) is 2.90. The lowest BCUT2D eigenvalue weighted by Crippen LogP contribution is -2.10. The number of carboxylic acids is 1. The molecule has 0 aliphatic carbocycles. The lowest BCUT2D eigenvalue weighted by molar-refractivity contribution is -0.138. The Balaban J connectivity index is 2.46. The average molecular weight is 302 g/mol. The van der Waals surface area contributed by atoms with Crippen molar-refractivity contribution >= 4 is 18.2 Å². The maximum Gasteiger partial charge on any atom is 0.416 e. The van der Waals surface area contributed by atoms with Crippen molar-refractivity contribution in [3.63, 3.8) is 0 Å². The Morgan fingerprint density at radius 1 is 1.25 bits per heavy atom. The Bertz CT molecular complexity index is 703. The standard InChI is InChI=1S/C12H9F3N2O2S/c13-12(14,15)7-4-2-1-3-6(7)5-8-9(10(18)19)17-11(20)16-8/h1-4H,5H2,(H,18,19)(H2,16,17,20). The van der Waals surface area contributed by atoms with Gasteiger partial charge in [-0.2, -0.15) is 13.2 Å². The van der Waals surface area contributed by atoms with Gasteiger partial charge in [-0.1, -0.05) is 18.2 Å². The van der Waals surface area contributed by atoms with E-state index in [0.29, 0.717) is 0 Å². The Hall–Kier alpha value is -2.09. The Labute approximate surface area is 116 Å². The molecule has 0 radical (unpaired) electrons. The SMILES string of the molecule is O=C(O)c1[nH]c(=S)[nH]c1Cc1ccccc1C(F)(F)F. The van der Waals surface area contributed by atoms with Crippen LogP contribution < -0.4 is 0 Å². The van der Waals surface area contributed by atoms with E-state index in [-0.39, 0.29) is 28.1 Å². The van der Waals surface area contributed by atoms with Gasteiger partial charge < -0.3 is 15.1 Å². The zero-order valence-corrected chi connectivity index (χ0v) is 10.7. The predicted molar refractivity (Wildman–Crippen MR) is 67.2 cm³/mol. The molecular formula is C12H9F3N2O2S. The molecular weight excluding hydrogens is 293 g/mol. The molecule has 1 aromatic heterocycles. The van der Waals surface area contributed by atoms with Crippen LogP contribution in [0.25, 0.3) is 0 Å². The normalized spacial score (nSPS) is 11.6. The highest BCUT2D eigenvalue weighted by Gasteiger charge is 2.33. The fraction of sp³-hybridized carbons (Fsp3) is 0.167. The van der Waals surface area contributed by atoms with Crippen LogP contribution in [0, 0.1) is 4.77 Å². The van der Waals surface area contributed by atoms with E-state index in [1.165, 1.54) is 18.2 Å². The van der Waals surface area contributed by atoms with E-state index in [9.17, 15) is 18.0 Å². The molecule has 0 amide bonds. The molecule has 0 bridgehead atoms. The Morgan fingerprint density at radius 2 is 1.90 bits per heavy atom. The van der Waals surface area contributed by atoms with Crippen LogP contribution in [0.1, 0.15) is 27.3 Å². The highest BCUT2D eigenvalue weighted by atomic mass is 32.1. The van der Waals surface area contributed by atoms with Crippen molar-refractivity contribution in [3.8, 4) is 0 Å². The number of hydrogen-bond donors (Lipinski definition) is 3. The van der Waals surface area contributed by atoms with E-state index >= 15 is 0 Å². The number of aromatic carboxylic acids is 1. The van der Waals surface area contributed by atoms with Crippen LogP contribution in [0.2, 0.25) is 0 Å². The second kappa shape index (κ2) is 5.12. The van der Waals surface area contributed by atoms with Crippen LogP contribution in [0.4, 0.5) is 13.2 Å². The molecule has 8 heteroatoms. The third-order valence-electron chi connectivity index (χ3n) is 2.71. The fourth-order valence-corrected chi connectivity index (χ4v) is 2.10. The lowest BCUT2D eigenvalue weighted by atomic mass is 10.0. The fourth-order valence-electron chi connectivity index (χ4n) is 1.88. The zero-order valence-electron chi connectivity index (χ0n) is 9.91. The van der Waals surface area contributed by atoms with Crippen molar-refractivity contribution < 1.29 is 23.1 Å². The number of imidazole rings is 1. The molecule has 0 fully saturated rings. The number of alkyl halides is 3. The molecule has 4 nitrogen and oxygen atoms in total. The van der Waals surface area contributed by atoms with Gasteiger partial charge in [0.15, 0.2) is 4.77 Å². The molecule has 1 heterocycles. The van der Waals surface area contributed by atoms with Gasteiger partial charge in [-0.25, -0.2) is 4.79 Å². The molecule has 0 atom stereocenters. The minimum absolute atomic E-state index is 0.0206. The highest BCUT2D eigenvalue weighted by Crippen LogP contribution is 2.32. The highest BCUT2D eigenvalue weighted by molar-refractivity contribution is 7.71. The first-order chi connectivity index (χ1) is 9.29. The van der Waals surface area contributed by atoms with Crippen molar-refractivity contribution in [2.75, 3.05) is 0 Å². The van der Waals surface area contributed by atoms with Crippen LogP contribution in [-0.4, -0.2) is 21.0 Å². The minimum atomic E-state index is -4.49. The first-order valence-electron chi connectivity index (χ1n) is 5.48. The number of hydrogen-bond acceptors (Lipinski definition) is 2. The van der Waals surface area contributed by atoms with Crippen molar-refractivity contribution in [2.45, 2.75) is 12.6 Å². The van der Waals surface area contributed by atoms with Crippen molar-refractivity contribution in [2.24, 2.45) is 0 Å². The van der Waals surface area contributed by atoms with Gasteiger partial charge in [0.05, 0.1) is 11.3 Å². The number of rotatable bonds is 3. The van der Waals surface area contributed by atoms with Gasteiger partial charge in [0, 0.05) is 6.42 Å². The molecule has 0 saturated carbocycles. The Morgan fingerprint density at radius 3 is 2.50 bits per heavy atom. The summed E-state index contributed by atoms with van der Waals surface area (Å²) in [7, 11) is 0. The van der Waals surface area contributed by atoms with Gasteiger partial charge in [-0.3, -0.25) is 0 Å². The lowest BCUT2D eigenvalue weighted by Gasteiger charge is -2.12. The molecule has 2 rings (SSSR count). The Kier molecular flexibility index (Phi) is 3.67. The van der Waals surface area contributed by atoms with Crippen LogP contribution in [0.15, 0.2) is 24.3 Å². The molecule has 0 unspecified atom stereocenters. The smallest absolute Gasteiger partial charge is 0.416 e. The number of benzene rings is 1. The number of aromatic nitrogens is 2. The third-order valence-corrected chi connectivity index (χ3v) is 2.91. The second-order valence-electron chi connectivity index (χ2n) is 4.07. The molecule has 0 aliphatic heterocycles. The van der Waals surface area contributed by atoms with E-state index in [1.54, 1.807) is 0 Å². The van der Waals surface area contributed by atoms with Gasteiger partial charge >= 0.3 is 12.1 Å². The van der Waals surface area contributed by atoms with Crippen molar-refractivity contribution in [1.82, 2.24) is 9.97 Å². The number of aromatic amines is 2. The quantitative estimate of drug-likeness (QED) is 0.761. The minimum Gasteiger partial charge on any atom is -0.477 e. The topological polar surface area (TPSA) is 68.9 Å². The van der Waals surface area contributed by atoms with Crippen LogP contribution >= 0.6 is 12.2 Å². The monoisotopic (exact) mass is 302 g/mol. The van der Waals surface area contributed by atoms with Gasteiger partial charge in [-0.15, -0.1) is 0 Å².